The van der Waals surface area contributed by atoms with Gasteiger partial charge in [0.1, 0.15) is 0 Å². The highest BCUT2D eigenvalue weighted by molar-refractivity contribution is 5.90. The molecule has 0 heterocycles. The van der Waals surface area contributed by atoms with Crippen LogP contribution in [0.1, 0.15) is 48.9 Å². The van der Waals surface area contributed by atoms with Gasteiger partial charge in [0.25, 0.3) is 0 Å². The fraction of sp³-hybridized carbons (Fsp3) is 0.588. The predicted octanol–water partition coefficient (Wildman–Crippen LogP) is 3.35. The lowest BCUT2D eigenvalue weighted by Crippen LogP contribution is -2.54. The smallest absolute Gasteiger partial charge is 0.335 e. The second kappa shape index (κ2) is 4.39. The molecule has 4 heteroatoms. The van der Waals surface area contributed by atoms with Crippen LogP contribution in [0.15, 0.2) is 18.2 Å². The standard InChI is InChI=1S/C17H22N2O2/c18-14-6-13(16(20)21)1-2-15(14)19-17-7-10-3-11(8-17)5-12(4-10)9-17/h1-2,6,10-12,19H,3-5,7-9,18H2,(H,20,21). The highest BCUT2D eigenvalue weighted by atomic mass is 16.4. The minimum atomic E-state index is -0.928. The summed E-state index contributed by atoms with van der Waals surface area (Å²) in [7, 11) is 0. The summed E-state index contributed by atoms with van der Waals surface area (Å²) in [6.07, 6.45) is 7.98. The first-order valence-electron chi connectivity index (χ1n) is 7.94. The Kier molecular flexibility index (Phi) is 2.72. The van der Waals surface area contributed by atoms with Gasteiger partial charge in [0.2, 0.25) is 0 Å². The van der Waals surface area contributed by atoms with Crippen LogP contribution in [0, 0.1) is 17.8 Å². The molecule has 4 nitrogen and oxygen atoms in total. The maximum Gasteiger partial charge on any atom is 0.335 e. The summed E-state index contributed by atoms with van der Waals surface area (Å²) in [6.45, 7) is 0. The first-order valence-corrected chi connectivity index (χ1v) is 7.94. The Hall–Kier alpha value is -1.71. The van der Waals surface area contributed by atoms with Gasteiger partial charge in [0, 0.05) is 5.54 Å². The normalized spacial score (nSPS) is 36.7. The Morgan fingerprint density at radius 1 is 1.14 bits per heavy atom. The topological polar surface area (TPSA) is 75.4 Å². The van der Waals surface area contributed by atoms with Gasteiger partial charge in [-0.05, 0) is 74.5 Å². The Bertz CT molecular complexity index is 561. The second-order valence-corrected chi connectivity index (χ2v) is 7.43. The van der Waals surface area contributed by atoms with E-state index in [4.69, 9.17) is 10.8 Å². The van der Waals surface area contributed by atoms with Crippen LogP contribution in [-0.4, -0.2) is 16.6 Å². The van der Waals surface area contributed by atoms with Crippen molar-refractivity contribution in [2.75, 3.05) is 11.1 Å². The van der Waals surface area contributed by atoms with E-state index in [1.165, 1.54) is 38.5 Å². The van der Waals surface area contributed by atoms with Crippen molar-refractivity contribution in [3.63, 3.8) is 0 Å². The molecule has 21 heavy (non-hydrogen) atoms. The van der Waals surface area contributed by atoms with Crippen LogP contribution in [0.2, 0.25) is 0 Å². The minimum Gasteiger partial charge on any atom is -0.478 e. The number of carboxylic acid groups (broad SMARTS) is 1. The van der Waals surface area contributed by atoms with Crippen LogP contribution in [0.3, 0.4) is 0 Å². The minimum absolute atomic E-state index is 0.202. The van der Waals surface area contributed by atoms with Crippen LogP contribution in [0.5, 0.6) is 0 Å². The Balaban J connectivity index is 1.60. The molecular weight excluding hydrogens is 264 g/mol. The maximum atomic E-state index is 11.0. The number of carboxylic acids is 1. The fourth-order valence-corrected chi connectivity index (χ4v) is 5.36. The van der Waals surface area contributed by atoms with Gasteiger partial charge in [-0.15, -0.1) is 0 Å². The Labute approximate surface area is 124 Å². The van der Waals surface area contributed by atoms with Crippen molar-refractivity contribution in [2.45, 2.75) is 44.1 Å². The van der Waals surface area contributed by atoms with Crippen molar-refractivity contribution in [1.82, 2.24) is 0 Å². The summed E-state index contributed by atoms with van der Waals surface area (Å²) < 4.78 is 0. The highest BCUT2D eigenvalue weighted by Gasteiger charge is 2.50. The predicted molar refractivity (Wildman–Crippen MR) is 82.3 cm³/mol. The largest absolute Gasteiger partial charge is 0.478 e. The van der Waals surface area contributed by atoms with E-state index < -0.39 is 5.97 Å². The third kappa shape index (κ3) is 2.17. The van der Waals surface area contributed by atoms with Gasteiger partial charge in [-0.1, -0.05) is 0 Å². The van der Waals surface area contributed by atoms with Gasteiger partial charge in [-0.2, -0.15) is 0 Å². The number of aromatic carboxylic acids is 1. The zero-order chi connectivity index (χ0) is 14.6. The molecule has 112 valence electrons. The lowest BCUT2D eigenvalue weighted by Gasteiger charge is -2.57. The van der Waals surface area contributed by atoms with Gasteiger partial charge in [-0.25, -0.2) is 4.79 Å². The van der Waals surface area contributed by atoms with E-state index in [-0.39, 0.29) is 11.1 Å². The van der Waals surface area contributed by atoms with E-state index in [2.05, 4.69) is 5.32 Å². The van der Waals surface area contributed by atoms with Crippen molar-refractivity contribution >= 4 is 17.3 Å². The van der Waals surface area contributed by atoms with Gasteiger partial charge >= 0.3 is 5.97 Å². The van der Waals surface area contributed by atoms with E-state index in [1.54, 1.807) is 12.1 Å². The van der Waals surface area contributed by atoms with E-state index in [0.717, 1.165) is 23.4 Å². The molecular formula is C17H22N2O2. The molecule has 0 saturated heterocycles. The molecule has 0 aliphatic heterocycles. The summed E-state index contributed by atoms with van der Waals surface area (Å²) in [6, 6.07) is 5.03. The van der Waals surface area contributed by atoms with Crippen LogP contribution >= 0.6 is 0 Å². The SMILES string of the molecule is Nc1cc(C(=O)O)ccc1NC12CC3CC(CC(C3)C1)C2. The molecule has 0 aromatic heterocycles. The summed E-state index contributed by atoms with van der Waals surface area (Å²) in [5, 5.41) is 12.7. The molecule has 4 aliphatic carbocycles. The molecule has 5 rings (SSSR count). The molecule has 0 unspecified atom stereocenters. The lowest BCUT2D eigenvalue weighted by atomic mass is 9.53. The average molecular weight is 286 g/mol. The Morgan fingerprint density at radius 2 is 1.71 bits per heavy atom. The van der Waals surface area contributed by atoms with Crippen LogP contribution < -0.4 is 11.1 Å². The molecule has 4 N–H and O–H groups in total. The molecule has 4 saturated carbocycles. The van der Waals surface area contributed by atoms with Crippen molar-refractivity contribution in [2.24, 2.45) is 17.8 Å². The summed E-state index contributed by atoms with van der Waals surface area (Å²) >= 11 is 0. The molecule has 4 bridgehead atoms. The van der Waals surface area contributed by atoms with E-state index in [0.29, 0.717) is 5.69 Å². The first kappa shape index (κ1) is 13.0. The number of nitrogens with two attached hydrogens (primary N) is 1. The van der Waals surface area contributed by atoms with Crippen molar-refractivity contribution in [3.05, 3.63) is 23.8 Å². The Morgan fingerprint density at radius 3 is 2.19 bits per heavy atom. The molecule has 1 aromatic carbocycles. The van der Waals surface area contributed by atoms with Gasteiger partial charge in [0.15, 0.2) is 0 Å². The number of nitrogen functional groups attached to an aromatic ring is 1. The number of nitrogens with one attached hydrogen (secondary N) is 1. The van der Waals surface area contributed by atoms with Crippen molar-refractivity contribution < 1.29 is 9.90 Å². The molecule has 0 atom stereocenters. The summed E-state index contributed by atoms with van der Waals surface area (Å²) in [5.74, 6) is 1.71. The molecule has 0 amide bonds. The molecule has 4 aliphatic rings. The second-order valence-electron chi connectivity index (χ2n) is 7.43. The van der Waals surface area contributed by atoms with Gasteiger partial charge in [-0.3, -0.25) is 0 Å². The molecule has 4 fully saturated rings. The fourth-order valence-electron chi connectivity index (χ4n) is 5.36. The molecule has 1 aromatic rings. The molecule has 0 radical (unpaired) electrons. The zero-order valence-electron chi connectivity index (χ0n) is 12.1. The number of rotatable bonds is 3. The third-order valence-corrected chi connectivity index (χ3v) is 5.74. The van der Waals surface area contributed by atoms with Crippen LogP contribution in [-0.2, 0) is 0 Å². The van der Waals surface area contributed by atoms with Crippen molar-refractivity contribution in [3.8, 4) is 0 Å². The summed E-state index contributed by atoms with van der Waals surface area (Å²) in [5.41, 5.74) is 7.97. The average Bonchev–Trinajstić information content (AvgIpc) is 2.39. The van der Waals surface area contributed by atoms with E-state index in [1.807, 2.05) is 6.07 Å². The number of hydrogen-bond acceptors (Lipinski definition) is 3. The van der Waals surface area contributed by atoms with Crippen LogP contribution in [0.25, 0.3) is 0 Å². The van der Waals surface area contributed by atoms with E-state index in [9.17, 15) is 4.79 Å². The van der Waals surface area contributed by atoms with Gasteiger partial charge in [0.05, 0.1) is 16.9 Å². The zero-order valence-corrected chi connectivity index (χ0v) is 12.1. The van der Waals surface area contributed by atoms with Gasteiger partial charge < -0.3 is 16.2 Å². The van der Waals surface area contributed by atoms with Crippen LogP contribution in [0.4, 0.5) is 11.4 Å². The molecule has 0 spiro atoms. The monoisotopic (exact) mass is 286 g/mol. The number of carbonyl (C=O) groups is 1. The number of anilines is 2. The first-order chi connectivity index (χ1) is 10.0. The van der Waals surface area contributed by atoms with Crippen molar-refractivity contribution in [1.29, 1.82) is 0 Å². The quantitative estimate of drug-likeness (QED) is 0.745. The maximum absolute atomic E-state index is 11.0. The summed E-state index contributed by atoms with van der Waals surface area (Å²) in [4.78, 5) is 11.0. The van der Waals surface area contributed by atoms with E-state index >= 15 is 0 Å². The lowest BCUT2D eigenvalue weighted by molar-refractivity contribution is 0.0107. The number of benzene rings is 1. The number of hydrogen-bond donors (Lipinski definition) is 3. The third-order valence-electron chi connectivity index (χ3n) is 5.74. The highest BCUT2D eigenvalue weighted by Crippen LogP contribution is 2.56.